The molecule has 20 heavy (non-hydrogen) atoms. The van der Waals surface area contributed by atoms with E-state index in [4.69, 9.17) is 5.73 Å². The number of rotatable bonds is 6. The van der Waals surface area contributed by atoms with E-state index in [1.54, 1.807) is 24.7 Å². The van der Waals surface area contributed by atoms with Gasteiger partial charge in [0.15, 0.2) is 0 Å². The van der Waals surface area contributed by atoms with Gasteiger partial charge in [-0.3, -0.25) is 4.21 Å². The van der Waals surface area contributed by atoms with E-state index in [9.17, 15) is 4.21 Å². The lowest BCUT2D eigenvalue weighted by molar-refractivity contribution is 0.677. The molecule has 0 radical (unpaired) electrons. The van der Waals surface area contributed by atoms with E-state index in [0.717, 1.165) is 6.42 Å². The van der Waals surface area contributed by atoms with Crippen LogP contribution in [0.3, 0.4) is 0 Å². The van der Waals surface area contributed by atoms with Gasteiger partial charge in [0.05, 0.1) is 0 Å². The highest BCUT2D eigenvalue weighted by molar-refractivity contribution is 7.84. The molecule has 2 unspecified atom stereocenters. The van der Waals surface area contributed by atoms with Crippen LogP contribution in [0, 0.1) is 0 Å². The lowest BCUT2D eigenvalue weighted by Gasteiger charge is -2.13. The lowest BCUT2D eigenvalue weighted by atomic mass is 10.3. The average molecular weight is 295 g/mol. The normalized spacial score (nSPS) is 13.9. The van der Waals surface area contributed by atoms with Gasteiger partial charge in [-0.05, 0) is 19.4 Å². The number of aromatic nitrogens is 5. The monoisotopic (exact) mass is 295 g/mol. The van der Waals surface area contributed by atoms with Crippen LogP contribution < -0.4 is 11.1 Å². The predicted octanol–water partition coefficient (Wildman–Crippen LogP) is 0.208. The maximum atomic E-state index is 11.1. The summed E-state index contributed by atoms with van der Waals surface area (Å²) in [5.74, 6) is 1.49. The first-order valence-corrected chi connectivity index (χ1v) is 7.85. The van der Waals surface area contributed by atoms with E-state index in [0.29, 0.717) is 17.6 Å². The molecular weight excluding hydrogens is 278 g/mol. The molecule has 0 aliphatic rings. The van der Waals surface area contributed by atoms with Crippen LogP contribution in [0.25, 0.3) is 5.95 Å². The molecule has 9 heteroatoms. The summed E-state index contributed by atoms with van der Waals surface area (Å²) in [6, 6.07) is 1.86. The van der Waals surface area contributed by atoms with Crippen molar-refractivity contribution in [1.82, 2.24) is 24.7 Å². The molecule has 3 N–H and O–H groups in total. The Bertz CT molecular complexity index is 586. The Morgan fingerprint density at radius 2 is 2.25 bits per heavy atom. The topological polar surface area (TPSA) is 112 Å². The molecule has 0 aromatic carbocycles. The van der Waals surface area contributed by atoms with Gasteiger partial charge in [-0.25, -0.2) is 4.68 Å². The molecule has 0 aliphatic heterocycles. The highest BCUT2D eigenvalue weighted by Gasteiger charge is 2.09. The van der Waals surface area contributed by atoms with Crippen LogP contribution in [-0.2, 0) is 10.8 Å². The Morgan fingerprint density at radius 3 is 2.90 bits per heavy atom. The summed E-state index contributed by atoms with van der Waals surface area (Å²) in [7, 11) is -0.809. The summed E-state index contributed by atoms with van der Waals surface area (Å²) in [5.41, 5.74) is 5.67. The van der Waals surface area contributed by atoms with Crippen LogP contribution >= 0.6 is 0 Å². The van der Waals surface area contributed by atoms with Crippen LogP contribution in [0.15, 0.2) is 18.5 Å². The molecule has 2 heterocycles. The largest absolute Gasteiger partial charge is 0.368 e. The molecular formula is C11H17N7OS. The summed E-state index contributed by atoms with van der Waals surface area (Å²) in [5, 5.41) is 7.17. The van der Waals surface area contributed by atoms with E-state index in [1.807, 2.05) is 6.92 Å². The van der Waals surface area contributed by atoms with Crippen molar-refractivity contribution in [3.05, 3.63) is 18.5 Å². The summed E-state index contributed by atoms with van der Waals surface area (Å²) < 4.78 is 12.6. The highest BCUT2D eigenvalue weighted by atomic mass is 32.2. The fraction of sp³-hybridized carbons (Fsp3) is 0.455. The molecule has 8 nitrogen and oxygen atoms in total. The molecule has 0 fully saturated rings. The first-order chi connectivity index (χ1) is 9.54. The smallest absolute Gasteiger partial charge is 0.257 e. The Labute approximate surface area is 119 Å². The molecule has 2 atom stereocenters. The van der Waals surface area contributed by atoms with E-state index in [2.05, 4.69) is 25.4 Å². The van der Waals surface area contributed by atoms with Crippen molar-refractivity contribution in [2.45, 2.75) is 19.4 Å². The number of nitrogens with zero attached hydrogens (tertiary/aromatic N) is 5. The SMILES string of the molecule is CC(CCS(C)=O)Nc1nc(N)nc(-n2cccn2)n1. The van der Waals surface area contributed by atoms with Crippen molar-refractivity contribution >= 4 is 22.7 Å². The fourth-order valence-corrected chi connectivity index (χ4v) is 2.26. The maximum absolute atomic E-state index is 11.1. The van der Waals surface area contributed by atoms with Crippen LogP contribution in [0.4, 0.5) is 11.9 Å². The molecule has 108 valence electrons. The summed E-state index contributed by atoms with van der Waals surface area (Å²) >= 11 is 0. The molecule has 0 bridgehead atoms. The van der Waals surface area contributed by atoms with Crippen molar-refractivity contribution in [1.29, 1.82) is 0 Å². The number of hydrogen-bond donors (Lipinski definition) is 2. The van der Waals surface area contributed by atoms with Crippen LogP contribution in [0.2, 0.25) is 0 Å². The number of anilines is 2. The second-order valence-electron chi connectivity index (χ2n) is 4.38. The first kappa shape index (κ1) is 14.4. The molecule has 0 amide bonds. The van der Waals surface area contributed by atoms with Crippen LogP contribution in [0.1, 0.15) is 13.3 Å². The Hall–Kier alpha value is -2.03. The minimum absolute atomic E-state index is 0.0890. The first-order valence-electron chi connectivity index (χ1n) is 6.12. The van der Waals surface area contributed by atoms with Gasteiger partial charge in [0.1, 0.15) is 0 Å². The van der Waals surface area contributed by atoms with E-state index < -0.39 is 10.8 Å². The molecule has 0 spiro atoms. The minimum Gasteiger partial charge on any atom is -0.368 e. The van der Waals surface area contributed by atoms with Gasteiger partial charge in [0.25, 0.3) is 5.95 Å². The van der Waals surface area contributed by atoms with Gasteiger partial charge in [0, 0.05) is 41.2 Å². The van der Waals surface area contributed by atoms with E-state index >= 15 is 0 Å². The van der Waals surface area contributed by atoms with Crippen LogP contribution in [0.5, 0.6) is 0 Å². The number of nitrogens with one attached hydrogen (secondary N) is 1. The van der Waals surface area contributed by atoms with Gasteiger partial charge < -0.3 is 11.1 Å². The van der Waals surface area contributed by atoms with Crippen LogP contribution in [-0.4, -0.2) is 47.0 Å². The number of nitrogen functional groups attached to an aromatic ring is 1. The minimum atomic E-state index is -0.809. The van der Waals surface area contributed by atoms with Gasteiger partial charge >= 0.3 is 0 Å². The van der Waals surface area contributed by atoms with Gasteiger partial charge in [-0.1, -0.05) is 0 Å². The molecule has 0 aliphatic carbocycles. The summed E-state index contributed by atoms with van der Waals surface area (Å²) in [6.07, 6.45) is 5.80. The van der Waals surface area contributed by atoms with Gasteiger partial charge in [0.2, 0.25) is 11.9 Å². The van der Waals surface area contributed by atoms with Crippen molar-refractivity contribution in [2.24, 2.45) is 0 Å². The van der Waals surface area contributed by atoms with Crippen molar-refractivity contribution < 1.29 is 4.21 Å². The van der Waals surface area contributed by atoms with Gasteiger partial charge in [-0.2, -0.15) is 20.1 Å². The van der Waals surface area contributed by atoms with E-state index in [1.165, 1.54) is 4.68 Å². The van der Waals surface area contributed by atoms with Gasteiger partial charge in [-0.15, -0.1) is 0 Å². The standard InChI is InChI=1S/C11H17N7OS/c1-8(4-7-20(2)19)14-10-15-9(12)16-11(17-10)18-6-3-5-13-18/h3,5-6,8H,4,7H2,1-2H3,(H3,12,14,15,16,17). The zero-order valence-electron chi connectivity index (χ0n) is 11.4. The molecule has 2 rings (SSSR count). The zero-order chi connectivity index (χ0) is 14.5. The summed E-state index contributed by atoms with van der Waals surface area (Å²) in [6.45, 7) is 1.97. The van der Waals surface area contributed by atoms with Crippen molar-refractivity contribution in [2.75, 3.05) is 23.1 Å². The quantitative estimate of drug-likeness (QED) is 0.783. The Morgan fingerprint density at radius 1 is 1.45 bits per heavy atom. The van der Waals surface area contributed by atoms with Crippen molar-refractivity contribution in [3.63, 3.8) is 0 Å². The Balaban J connectivity index is 2.10. The number of nitrogens with two attached hydrogens (primary N) is 1. The lowest BCUT2D eigenvalue weighted by Crippen LogP contribution is -2.21. The van der Waals surface area contributed by atoms with E-state index in [-0.39, 0.29) is 12.0 Å². The zero-order valence-corrected chi connectivity index (χ0v) is 12.2. The number of hydrogen-bond acceptors (Lipinski definition) is 7. The predicted molar refractivity (Wildman–Crippen MR) is 78.0 cm³/mol. The highest BCUT2D eigenvalue weighted by Crippen LogP contribution is 2.08. The second-order valence-corrected chi connectivity index (χ2v) is 5.93. The molecule has 0 saturated heterocycles. The van der Waals surface area contributed by atoms with Crippen molar-refractivity contribution in [3.8, 4) is 5.95 Å². The third-order valence-electron chi connectivity index (χ3n) is 2.56. The third kappa shape index (κ3) is 3.98. The molecule has 0 saturated carbocycles. The second kappa shape index (κ2) is 6.42. The third-order valence-corrected chi connectivity index (χ3v) is 3.37. The summed E-state index contributed by atoms with van der Waals surface area (Å²) in [4.78, 5) is 12.3. The average Bonchev–Trinajstić information content (AvgIpc) is 2.89. The molecule has 2 aromatic heterocycles. The fourth-order valence-electron chi connectivity index (χ4n) is 1.57. The maximum Gasteiger partial charge on any atom is 0.257 e. The molecule has 2 aromatic rings. The Kier molecular flexibility index (Phi) is 4.61.